The second kappa shape index (κ2) is 7.12. The molecule has 0 fully saturated rings. The minimum Gasteiger partial charge on any atom is -0.266 e. The van der Waals surface area contributed by atoms with E-state index in [1.807, 2.05) is 6.92 Å². The van der Waals surface area contributed by atoms with Crippen molar-refractivity contribution in [3.8, 4) is 0 Å². The van der Waals surface area contributed by atoms with Crippen LogP contribution < -0.4 is 0 Å². The van der Waals surface area contributed by atoms with Gasteiger partial charge in [-0.1, -0.05) is 13.3 Å². The fraction of sp³-hybridized carbons (Fsp3) is 1.00. The first-order valence-corrected chi connectivity index (χ1v) is 3.71. The maximum absolute atomic E-state index is 8.29. The van der Waals surface area contributed by atoms with Gasteiger partial charge in [-0.2, -0.15) is 0 Å². The standard InChI is InChI=1S/C5H14N2O6/c1-2-3-5(13-7(10)11)4-12-6(8)9/h5,8-11H,2-4H2,1H3. The molecule has 0 aromatic rings. The molecular weight excluding hydrogens is 184 g/mol. The van der Waals surface area contributed by atoms with Gasteiger partial charge in [-0.15, -0.1) is 0 Å². The van der Waals surface area contributed by atoms with E-state index in [0.717, 1.165) is 6.42 Å². The van der Waals surface area contributed by atoms with E-state index in [1.165, 1.54) is 0 Å². The summed E-state index contributed by atoms with van der Waals surface area (Å²) in [5, 5.41) is 32.0. The first-order chi connectivity index (χ1) is 6.06. The third-order valence-electron chi connectivity index (χ3n) is 1.23. The van der Waals surface area contributed by atoms with E-state index in [2.05, 4.69) is 9.68 Å². The van der Waals surface area contributed by atoms with Gasteiger partial charge in [-0.05, 0) is 6.42 Å². The van der Waals surface area contributed by atoms with Gasteiger partial charge in [0.25, 0.3) is 0 Å². The fourth-order valence-corrected chi connectivity index (χ4v) is 0.772. The van der Waals surface area contributed by atoms with E-state index < -0.39 is 16.9 Å². The number of hydrogen-bond acceptors (Lipinski definition) is 8. The summed E-state index contributed by atoms with van der Waals surface area (Å²) in [5.74, 6) is 0. The maximum atomic E-state index is 8.29. The zero-order valence-electron chi connectivity index (χ0n) is 7.20. The first-order valence-electron chi connectivity index (χ1n) is 3.71. The van der Waals surface area contributed by atoms with Crippen molar-refractivity contribution in [1.29, 1.82) is 0 Å². The molecule has 0 radical (unpaired) electrons. The molecule has 0 saturated heterocycles. The smallest absolute Gasteiger partial charge is 0.110 e. The molecule has 0 aliphatic carbocycles. The molecule has 8 heteroatoms. The Labute approximate surface area is 74.8 Å². The predicted molar refractivity (Wildman–Crippen MR) is 36.6 cm³/mol. The molecule has 0 saturated carbocycles. The molecule has 1 unspecified atom stereocenters. The fourth-order valence-electron chi connectivity index (χ4n) is 0.772. The Hall–Kier alpha value is -0.320. The summed E-state index contributed by atoms with van der Waals surface area (Å²) in [4.78, 5) is 8.64. The molecule has 0 aromatic heterocycles. The lowest BCUT2D eigenvalue weighted by atomic mass is 10.2. The largest absolute Gasteiger partial charge is 0.266 e. The number of nitrogens with zero attached hydrogens (tertiary/aromatic N) is 2. The zero-order valence-corrected chi connectivity index (χ0v) is 7.20. The molecule has 80 valence electrons. The summed E-state index contributed by atoms with van der Waals surface area (Å²) in [6.07, 6.45) is 0.534. The van der Waals surface area contributed by atoms with Crippen LogP contribution in [0.5, 0.6) is 0 Å². The van der Waals surface area contributed by atoms with Gasteiger partial charge >= 0.3 is 0 Å². The molecule has 0 amide bonds. The van der Waals surface area contributed by atoms with Crippen molar-refractivity contribution in [1.82, 2.24) is 10.8 Å². The van der Waals surface area contributed by atoms with Crippen molar-refractivity contribution in [2.75, 3.05) is 6.61 Å². The summed E-state index contributed by atoms with van der Waals surface area (Å²) in [6.45, 7) is 1.64. The van der Waals surface area contributed by atoms with Gasteiger partial charge in [0.2, 0.25) is 0 Å². The molecular formula is C5H14N2O6. The van der Waals surface area contributed by atoms with Crippen molar-refractivity contribution >= 4 is 0 Å². The average molecular weight is 198 g/mol. The molecule has 0 spiro atoms. The molecule has 0 bridgehead atoms. The lowest BCUT2D eigenvalue weighted by molar-refractivity contribution is -0.527. The van der Waals surface area contributed by atoms with Crippen molar-refractivity contribution in [3.05, 3.63) is 0 Å². The average Bonchev–Trinajstić information content (AvgIpc) is 1.99. The van der Waals surface area contributed by atoms with E-state index in [1.54, 1.807) is 0 Å². The zero-order chi connectivity index (χ0) is 10.3. The quantitative estimate of drug-likeness (QED) is 0.429. The highest BCUT2D eigenvalue weighted by Crippen LogP contribution is 2.03. The Kier molecular flexibility index (Phi) is 6.94. The lowest BCUT2D eigenvalue weighted by Crippen LogP contribution is -2.30. The molecule has 0 aliphatic rings. The topological polar surface area (TPSA) is 106 Å². The summed E-state index contributed by atoms with van der Waals surface area (Å²) < 4.78 is 0. The van der Waals surface area contributed by atoms with Crippen LogP contribution in [0.15, 0.2) is 0 Å². The molecule has 0 aromatic carbocycles. The van der Waals surface area contributed by atoms with Crippen LogP contribution in [0, 0.1) is 0 Å². The Morgan fingerprint density at radius 1 is 1.15 bits per heavy atom. The minimum absolute atomic E-state index is 0.210. The molecule has 8 nitrogen and oxygen atoms in total. The summed E-state index contributed by atoms with van der Waals surface area (Å²) in [5.41, 5.74) is 0. The third-order valence-corrected chi connectivity index (χ3v) is 1.23. The van der Waals surface area contributed by atoms with Crippen molar-refractivity contribution in [2.24, 2.45) is 0 Å². The van der Waals surface area contributed by atoms with E-state index in [-0.39, 0.29) is 6.61 Å². The Morgan fingerprint density at radius 3 is 2.15 bits per heavy atom. The highest BCUT2D eigenvalue weighted by atomic mass is 17.1. The van der Waals surface area contributed by atoms with Gasteiger partial charge < -0.3 is 0 Å². The Bertz CT molecular complexity index is 122. The van der Waals surface area contributed by atoms with Crippen molar-refractivity contribution < 1.29 is 30.5 Å². The summed E-state index contributed by atoms with van der Waals surface area (Å²) >= 11 is 0. The van der Waals surface area contributed by atoms with Crippen LogP contribution in [0.25, 0.3) is 0 Å². The number of hydrogen-bond donors (Lipinski definition) is 4. The highest BCUT2D eigenvalue weighted by molar-refractivity contribution is 4.52. The maximum Gasteiger partial charge on any atom is 0.110 e. The van der Waals surface area contributed by atoms with Crippen molar-refractivity contribution in [2.45, 2.75) is 25.9 Å². The van der Waals surface area contributed by atoms with Gasteiger partial charge in [-0.25, -0.2) is 9.68 Å². The van der Waals surface area contributed by atoms with Gasteiger partial charge in [0.1, 0.15) is 12.7 Å². The number of rotatable bonds is 7. The van der Waals surface area contributed by atoms with Crippen LogP contribution in [-0.4, -0.2) is 44.3 Å². The SMILES string of the molecule is CCCC(CON(O)O)ON(O)O. The van der Waals surface area contributed by atoms with Crippen LogP contribution >= 0.6 is 0 Å². The van der Waals surface area contributed by atoms with E-state index in [4.69, 9.17) is 20.8 Å². The molecule has 1 atom stereocenters. The molecule has 0 aliphatic heterocycles. The third kappa shape index (κ3) is 8.02. The van der Waals surface area contributed by atoms with Crippen LogP contribution in [0.1, 0.15) is 19.8 Å². The van der Waals surface area contributed by atoms with Crippen LogP contribution in [0.4, 0.5) is 0 Å². The molecule has 13 heavy (non-hydrogen) atoms. The van der Waals surface area contributed by atoms with Crippen molar-refractivity contribution in [3.63, 3.8) is 0 Å². The Balaban J connectivity index is 3.66. The monoisotopic (exact) mass is 198 g/mol. The molecule has 0 rings (SSSR count). The lowest BCUT2D eigenvalue weighted by Gasteiger charge is -2.18. The van der Waals surface area contributed by atoms with Crippen LogP contribution in [0.2, 0.25) is 0 Å². The second-order valence-electron chi connectivity index (χ2n) is 2.32. The van der Waals surface area contributed by atoms with Crippen LogP contribution in [0.3, 0.4) is 0 Å². The van der Waals surface area contributed by atoms with E-state index >= 15 is 0 Å². The minimum atomic E-state index is -0.665. The van der Waals surface area contributed by atoms with Gasteiger partial charge in [0, 0.05) is 0 Å². The van der Waals surface area contributed by atoms with Crippen LogP contribution in [-0.2, 0) is 9.68 Å². The van der Waals surface area contributed by atoms with Gasteiger partial charge in [0.05, 0.1) is 10.8 Å². The highest BCUT2D eigenvalue weighted by Gasteiger charge is 2.13. The normalized spacial score (nSPS) is 14.1. The second-order valence-corrected chi connectivity index (χ2v) is 2.32. The molecule has 4 N–H and O–H groups in total. The molecule has 0 heterocycles. The van der Waals surface area contributed by atoms with E-state index in [9.17, 15) is 0 Å². The predicted octanol–water partition coefficient (Wildman–Crippen LogP) is 0.179. The Morgan fingerprint density at radius 2 is 1.77 bits per heavy atom. The summed E-state index contributed by atoms with van der Waals surface area (Å²) in [7, 11) is 0. The first kappa shape index (κ1) is 12.7. The summed E-state index contributed by atoms with van der Waals surface area (Å²) in [6, 6.07) is 0. The van der Waals surface area contributed by atoms with Gasteiger partial charge in [0.15, 0.2) is 0 Å². The van der Waals surface area contributed by atoms with E-state index in [0.29, 0.717) is 6.42 Å². The van der Waals surface area contributed by atoms with Gasteiger partial charge in [-0.3, -0.25) is 20.8 Å².